The topological polar surface area (TPSA) is 105 Å². The molecule has 0 aromatic rings. The minimum atomic E-state index is -1.01. The van der Waals surface area contributed by atoms with Gasteiger partial charge in [0.25, 0.3) is 0 Å². The Bertz CT molecular complexity index is 492. The standard InChI is InChI=1S/C16H28N2O6/c1-15(2,3)23-13(21)17-11-9-18(8-7-10(11)12(19)20)14(22)24-16(4,5)6/h10-11H,7-9H2,1-6H3,(H,17,21)(H,19,20)/t10-,11+/m0/s1. The molecule has 2 atom stereocenters. The number of carbonyl (C=O) groups excluding carboxylic acids is 2. The number of rotatable bonds is 2. The van der Waals surface area contributed by atoms with Crippen LogP contribution in [0.5, 0.6) is 0 Å². The molecule has 0 bridgehead atoms. The molecule has 2 amide bonds. The summed E-state index contributed by atoms with van der Waals surface area (Å²) >= 11 is 0. The molecule has 1 heterocycles. The maximum absolute atomic E-state index is 12.2. The highest BCUT2D eigenvalue weighted by molar-refractivity contribution is 5.75. The molecule has 0 saturated carbocycles. The molecular weight excluding hydrogens is 316 g/mol. The predicted octanol–water partition coefficient (Wildman–Crippen LogP) is 2.22. The predicted molar refractivity (Wildman–Crippen MR) is 86.7 cm³/mol. The molecule has 0 unspecified atom stereocenters. The van der Waals surface area contributed by atoms with E-state index in [9.17, 15) is 19.5 Å². The lowest BCUT2D eigenvalue weighted by atomic mass is 9.92. The summed E-state index contributed by atoms with van der Waals surface area (Å²) in [6, 6.07) is -0.737. The first kappa shape index (κ1) is 20.1. The average molecular weight is 344 g/mol. The van der Waals surface area contributed by atoms with Gasteiger partial charge in [0.1, 0.15) is 11.2 Å². The van der Waals surface area contributed by atoms with Crippen molar-refractivity contribution in [2.75, 3.05) is 13.1 Å². The molecule has 0 aromatic heterocycles. The Morgan fingerprint density at radius 1 is 1.04 bits per heavy atom. The lowest BCUT2D eigenvalue weighted by Crippen LogP contribution is -2.57. The molecule has 24 heavy (non-hydrogen) atoms. The maximum Gasteiger partial charge on any atom is 0.410 e. The number of likely N-dealkylation sites (tertiary alicyclic amines) is 1. The molecular formula is C16H28N2O6. The molecule has 1 aliphatic rings. The van der Waals surface area contributed by atoms with Crippen LogP contribution in [0.4, 0.5) is 9.59 Å². The van der Waals surface area contributed by atoms with E-state index >= 15 is 0 Å². The second-order valence-electron chi connectivity index (χ2n) is 7.91. The number of alkyl carbamates (subject to hydrolysis) is 1. The summed E-state index contributed by atoms with van der Waals surface area (Å²) in [4.78, 5) is 36.9. The zero-order chi connectivity index (χ0) is 18.7. The molecule has 1 saturated heterocycles. The lowest BCUT2D eigenvalue weighted by molar-refractivity contribution is -0.144. The van der Waals surface area contributed by atoms with E-state index in [1.165, 1.54) is 4.90 Å². The molecule has 8 heteroatoms. The van der Waals surface area contributed by atoms with Crippen molar-refractivity contribution in [1.82, 2.24) is 10.2 Å². The third-order valence-corrected chi connectivity index (χ3v) is 3.28. The van der Waals surface area contributed by atoms with Crippen molar-refractivity contribution in [2.24, 2.45) is 5.92 Å². The largest absolute Gasteiger partial charge is 0.481 e. The smallest absolute Gasteiger partial charge is 0.410 e. The molecule has 1 aliphatic heterocycles. The first-order chi connectivity index (χ1) is 10.8. The van der Waals surface area contributed by atoms with Gasteiger partial charge in [0.05, 0.1) is 12.0 Å². The SMILES string of the molecule is CC(C)(C)OC(=O)N[C@@H]1CN(C(=O)OC(C)(C)C)CC[C@@H]1C(=O)O. The first-order valence-corrected chi connectivity index (χ1v) is 7.99. The Balaban J connectivity index is 2.78. The minimum absolute atomic E-state index is 0.0606. The van der Waals surface area contributed by atoms with Crippen molar-refractivity contribution in [3.63, 3.8) is 0 Å². The highest BCUT2D eigenvalue weighted by Crippen LogP contribution is 2.21. The van der Waals surface area contributed by atoms with Gasteiger partial charge in [0.2, 0.25) is 0 Å². The van der Waals surface area contributed by atoms with Gasteiger partial charge in [-0.05, 0) is 48.0 Å². The van der Waals surface area contributed by atoms with E-state index < -0.39 is 41.3 Å². The summed E-state index contributed by atoms with van der Waals surface area (Å²) in [5, 5.41) is 11.9. The quantitative estimate of drug-likeness (QED) is 0.796. The number of aliphatic carboxylic acids is 1. The Morgan fingerprint density at radius 3 is 2.04 bits per heavy atom. The van der Waals surface area contributed by atoms with E-state index in [0.29, 0.717) is 0 Å². The summed E-state index contributed by atoms with van der Waals surface area (Å²) in [7, 11) is 0. The van der Waals surface area contributed by atoms with Gasteiger partial charge in [0, 0.05) is 13.1 Å². The minimum Gasteiger partial charge on any atom is -0.481 e. The normalized spacial score (nSPS) is 21.8. The zero-order valence-electron chi connectivity index (χ0n) is 15.2. The van der Waals surface area contributed by atoms with Crippen molar-refractivity contribution < 1.29 is 29.0 Å². The van der Waals surface area contributed by atoms with Crippen LogP contribution in [0.1, 0.15) is 48.0 Å². The molecule has 2 N–H and O–H groups in total. The number of carboxylic acids is 1. The van der Waals surface area contributed by atoms with Gasteiger partial charge < -0.3 is 24.8 Å². The Morgan fingerprint density at radius 2 is 1.58 bits per heavy atom. The maximum atomic E-state index is 12.2. The van der Waals surface area contributed by atoms with E-state index in [4.69, 9.17) is 9.47 Å². The summed E-state index contributed by atoms with van der Waals surface area (Å²) in [6.45, 7) is 10.7. The molecule has 138 valence electrons. The van der Waals surface area contributed by atoms with E-state index in [2.05, 4.69) is 5.32 Å². The van der Waals surface area contributed by atoms with Gasteiger partial charge in [-0.2, -0.15) is 0 Å². The molecule has 0 radical (unpaired) electrons. The van der Waals surface area contributed by atoms with Crippen LogP contribution in [0.3, 0.4) is 0 Å². The van der Waals surface area contributed by atoms with Crippen molar-refractivity contribution in [3.05, 3.63) is 0 Å². The highest BCUT2D eigenvalue weighted by Gasteiger charge is 2.38. The van der Waals surface area contributed by atoms with E-state index in [0.717, 1.165) is 0 Å². The number of amides is 2. The average Bonchev–Trinajstić information content (AvgIpc) is 2.33. The van der Waals surface area contributed by atoms with E-state index in [1.54, 1.807) is 41.5 Å². The summed E-state index contributed by atoms with van der Waals surface area (Å²) in [5.74, 6) is -1.80. The van der Waals surface area contributed by atoms with Crippen molar-refractivity contribution in [1.29, 1.82) is 0 Å². The van der Waals surface area contributed by atoms with Crippen LogP contribution in [0.25, 0.3) is 0 Å². The number of nitrogens with one attached hydrogen (secondary N) is 1. The van der Waals surface area contributed by atoms with E-state index in [-0.39, 0.29) is 19.5 Å². The molecule has 8 nitrogen and oxygen atoms in total. The Kier molecular flexibility index (Phi) is 6.08. The van der Waals surface area contributed by atoms with Crippen LogP contribution in [0.2, 0.25) is 0 Å². The van der Waals surface area contributed by atoms with Gasteiger partial charge >= 0.3 is 18.2 Å². The van der Waals surface area contributed by atoms with Crippen LogP contribution in [-0.2, 0) is 14.3 Å². The first-order valence-electron chi connectivity index (χ1n) is 7.99. The fourth-order valence-electron chi connectivity index (χ4n) is 2.35. The Hall–Kier alpha value is -1.99. The molecule has 0 aromatic carbocycles. The molecule has 1 fully saturated rings. The number of ether oxygens (including phenoxy) is 2. The van der Waals surface area contributed by atoms with Gasteiger partial charge in [-0.25, -0.2) is 9.59 Å². The number of carboxylic acid groups (broad SMARTS) is 1. The van der Waals surface area contributed by atoms with Gasteiger partial charge in [-0.1, -0.05) is 0 Å². The molecule has 0 aliphatic carbocycles. The zero-order valence-corrected chi connectivity index (χ0v) is 15.2. The van der Waals surface area contributed by atoms with Gasteiger partial charge in [-0.15, -0.1) is 0 Å². The van der Waals surface area contributed by atoms with E-state index in [1.807, 2.05) is 0 Å². The van der Waals surface area contributed by atoms with Crippen molar-refractivity contribution >= 4 is 18.2 Å². The summed E-state index contributed by atoms with van der Waals surface area (Å²) in [5.41, 5.74) is -1.34. The monoisotopic (exact) mass is 344 g/mol. The molecule has 1 rings (SSSR count). The number of nitrogens with zero attached hydrogens (tertiary/aromatic N) is 1. The second-order valence-corrected chi connectivity index (χ2v) is 7.91. The van der Waals surface area contributed by atoms with Gasteiger partial charge in [-0.3, -0.25) is 4.79 Å². The Labute approximate surface area is 142 Å². The highest BCUT2D eigenvalue weighted by atomic mass is 16.6. The number of hydrogen-bond acceptors (Lipinski definition) is 5. The van der Waals surface area contributed by atoms with Crippen molar-refractivity contribution in [2.45, 2.75) is 65.2 Å². The summed E-state index contributed by atoms with van der Waals surface area (Å²) in [6.07, 6.45) is -0.998. The van der Waals surface area contributed by atoms with Crippen LogP contribution in [0, 0.1) is 5.92 Å². The van der Waals surface area contributed by atoms with Crippen LogP contribution < -0.4 is 5.32 Å². The second kappa shape index (κ2) is 7.27. The van der Waals surface area contributed by atoms with Crippen molar-refractivity contribution in [3.8, 4) is 0 Å². The fraction of sp³-hybridized carbons (Fsp3) is 0.812. The third-order valence-electron chi connectivity index (χ3n) is 3.28. The number of piperidine rings is 1. The molecule has 0 spiro atoms. The number of carbonyl (C=O) groups is 3. The third kappa shape index (κ3) is 6.64. The summed E-state index contributed by atoms with van der Waals surface area (Å²) < 4.78 is 10.5. The van der Waals surface area contributed by atoms with Crippen LogP contribution in [-0.4, -0.2) is 58.5 Å². The van der Waals surface area contributed by atoms with Gasteiger partial charge in [0.15, 0.2) is 0 Å². The number of hydrogen-bond donors (Lipinski definition) is 2. The lowest BCUT2D eigenvalue weighted by Gasteiger charge is -2.37. The van der Waals surface area contributed by atoms with Crippen LogP contribution in [0.15, 0.2) is 0 Å². The van der Waals surface area contributed by atoms with Crippen LogP contribution >= 0.6 is 0 Å². The fourth-order valence-corrected chi connectivity index (χ4v) is 2.35.